The fourth-order valence-corrected chi connectivity index (χ4v) is 4.65. The molecule has 0 aliphatic carbocycles. The van der Waals surface area contributed by atoms with Crippen molar-refractivity contribution in [3.8, 4) is 0 Å². The molecule has 102 valence electrons. The molecule has 0 aromatic heterocycles. The minimum atomic E-state index is -2.92. The van der Waals surface area contributed by atoms with Crippen molar-refractivity contribution in [3.05, 3.63) is 29.3 Å². The summed E-state index contributed by atoms with van der Waals surface area (Å²) >= 11 is 7.49. The topological polar surface area (TPSA) is 35.5 Å². The highest BCUT2D eigenvalue weighted by molar-refractivity contribution is 7.99. The molecule has 18 heavy (non-hydrogen) atoms. The van der Waals surface area contributed by atoms with Gasteiger partial charge in [0, 0.05) is 15.7 Å². The van der Waals surface area contributed by atoms with Crippen molar-refractivity contribution in [1.82, 2.24) is 0 Å². The summed E-state index contributed by atoms with van der Waals surface area (Å²) in [4.78, 5) is 1.06. The minimum Gasteiger partial charge on any atom is -0.309 e. The number of rotatable bonds is 8. The largest absolute Gasteiger partial charge is 0.331 e. The first-order valence-corrected chi connectivity index (χ1v) is 8.95. The molecular formula is C12H18ClO3PS. The molecule has 0 radical (unpaired) electrons. The Morgan fingerprint density at radius 1 is 1.28 bits per heavy atom. The van der Waals surface area contributed by atoms with Crippen LogP contribution in [0.1, 0.15) is 13.8 Å². The second-order valence-electron chi connectivity index (χ2n) is 3.48. The standard InChI is InChI=1S/C12H18ClO3PS/c1-3-15-17(14,16-4-2)8-9-18-12-7-5-6-11(13)10-12/h5-7,10H,3-4,8-9H2,1-2H3. The summed E-state index contributed by atoms with van der Waals surface area (Å²) in [5.74, 6) is 0.678. The molecule has 1 aromatic rings. The van der Waals surface area contributed by atoms with E-state index < -0.39 is 7.60 Å². The van der Waals surface area contributed by atoms with Crippen molar-refractivity contribution >= 4 is 31.0 Å². The summed E-state index contributed by atoms with van der Waals surface area (Å²) in [5, 5.41) is 0.706. The van der Waals surface area contributed by atoms with Gasteiger partial charge in [-0.3, -0.25) is 4.57 Å². The molecule has 6 heteroatoms. The predicted molar refractivity (Wildman–Crippen MR) is 77.9 cm³/mol. The van der Waals surface area contributed by atoms with Crippen LogP contribution < -0.4 is 0 Å². The average Bonchev–Trinajstić information content (AvgIpc) is 2.29. The van der Waals surface area contributed by atoms with Crippen LogP contribution in [0.15, 0.2) is 29.2 Å². The fraction of sp³-hybridized carbons (Fsp3) is 0.500. The molecule has 0 amide bonds. The van der Waals surface area contributed by atoms with E-state index >= 15 is 0 Å². The fourth-order valence-electron chi connectivity index (χ4n) is 1.39. The Hall–Kier alpha value is 0.01000. The molecule has 0 N–H and O–H groups in total. The molecule has 0 atom stereocenters. The third-order valence-corrected chi connectivity index (χ3v) is 5.69. The van der Waals surface area contributed by atoms with E-state index in [1.54, 1.807) is 11.8 Å². The zero-order chi connectivity index (χ0) is 13.4. The van der Waals surface area contributed by atoms with Gasteiger partial charge >= 0.3 is 7.60 Å². The zero-order valence-corrected chi connectivity index (χ0v) is 13.1. The van der Waals surface area contributed by atoms with E-state index in [2.05, 4.69) is 0 Å². The van der Waals surface area contributed by atoms with Gasteiger partial charge in [0.05, 0.1) is 19.4 Å². The number of hydrogen-bond donors (Lipinski definition) is 0. The summed E-state index contributed by atoms with van der Waals surface area (Å²) in [7, 11) is -2.92. The summed E-state index contributed by atoms with van der Waals surface area (Å²) in [6, 6.07) is 7.59. The normalized spacial score (nSPS) is 11.7. The van der Waals surface area contributed by atoms with Gasteiger partial charge < -0.3 is 9.05 Å². The summed E-state index contributed by atoms with van der Waals surface area (Å²) in [6.07, 6.45) is 0.409. The van der Waals surface area contributed by atoms with Crippen molar-refractivity contribution in [2.75, 3.05) is 25.1 Å². The van der Waals surface area contributed by atoms with Crippen molar-refractivity contribution in [3.63, 3.8) is 0 Å². The first-order chi connectivity index (χ1) is 8.59. The third kappa shape index (κ3) is 5.77. The van der Waals surface area contributed by atoms with Gasteiger partial charge in [-0.05, 0) is 32.0 Å². The van der Waals surface area contributed by atoms with E-state index in [4.69, 9.17) is 20.6 Å². The lowest BCUT2D eigenvalue weighted by Gasteiger charge is -2.16. The molecule has 0 bridgehead atoms. The van der Waals surface area contributed by atoms with E-state index in [0.717, 1.165) is 4.90 Å². The highest BCUT2D eigenvalue weighted by Gasteiger charge is 2.22. The van der Waals surface area contributed by atoms with E-state index in [1.807, 2.05) is 38.1 Å². The van der Waals surface area contributed by atoms with Crippen LogP contribution in [0.3, 0.4) is 0 Å². The van der Waals surface area contributed by atoms with Crippen molar-refractivity contribution < 1.29 is 13.6 Å². The van der Waals surface area contributed by atoms with Crippen LogP contribution in [0, 0.1) is 0 Å². The zero-order valence-electron chi connectivity index (χ0n) is 10.6. The summed E-state index contributed by atoms with van der Waals surface area (Å²) in [6.45, 7) is 4.43. The van der Waals surface area contributed by atoms with Crippen LogP contribution in [0.5, 0.6) is 0 Å². The monoisotopic (exact) mass is 308 g/mol. The van der Waals surface area contributed by atoms with E-state index in [0.29, 0.717) is 30.2 Å². The van der Waals surface area contributed by atoms with Gasteiger partial charge in [-0.25, -0.2) is 0 Å². The second kappa shape index (κ2) is 8.23. The van der Waals surface area contributed by atoms with Crippen molar-refractivity contribution in [1.29, 1.82) is 0 Å². The first-order valence-electron chi connectivity index (χ1n) is 5.86. The molecule has 0 aliphatic heterocycles. The van der Waals surface area contributed by atoms with Crippen LogP contribution >= 0.6 is 31.0 Å². The van der Waals surface area contributed by atoms with E-state index in [-0.39, 0.29) is 0 Å². The molecule has 3 nitrogen and oxygen atoms in total. The van der Waals surface area contributed by atoms with Gasteiger partial charge in [0.2, 0.25) is 0 Å². The Balaban J connectivity index is 2.46. The smallest absolute Gasteiger partial charge is 0.309 e. The number of benzene rings is 1. The van der Waals surface area contributed by atoms with Crippen LogP contribution in [-0.4, -0.2) is 25.1 Å². The number of thioether (sulfide) groups is 1. The summed E-state index contributed by atoms with van der Waals surface area (Å²) in [5.41, 5.74) is 0. The average molecular weight is 309 g/mol. The Morgan fingerprint density at radius 2 is 1.94 bits per heavy atom. The van der Waals surface area contributed by atoms with Gasteiger partial charge in [0.15, 0.2) is 0 Å². The molecular weight excluding hydrogens is 291 g/mol. The predicted octanol–water partition coefficient (Wildman–Crippen LogP) is 4.70. The van der Waals surface area contributed by atoms with Crippen LogP contribution in [0.4, 0.5) is 0 Å². The number of hydrogen-bond acceptors (Lipinski definition) is 4. The highest BCUT2D eigenvalue weighted by atomic mass is 35.5. The van der Waals surface area contributed by atoms with Gasteiger partial charge in [0.25, 0.3) is 0 Å². The number of halogens is 1. The second-order valence-corrected chi connectivity index (χ2v) is 7.27. The Morgan fingerprint density at radius 3 is 2.50 bits per heavy atom. The molecule has 0 unspecified atom stereocenters. The van der Waals surface area contributed by atoms with Crippen molar-refractivity contribution in [2.24, 2.45) is 0 Å². The lowest BCUT2D eigenvalue weighted by atomic mass is 10.4. The maximum Gasteiger partial charge on any atom is 0.331 e. The third-order valence-electron chi connectivity index (χ3n) is 2.08. The lowest BCUT2D eigenvalue weighted by molar-refractivity contribution is 0.221. The molecule has 0 fully saturated rings. The SMILES string of the molecule is CCOP(=O)(CCSc1cccc(Cl)c1)OCC. The lowest BCUT2D eigenvalue weighted by Crippen LogP contribution is -2.01. The van der Waals surface area contributed by atoms with Crippen LogP contribution in [0.25, 0.3) is 0 Å². The summed E-state index contributed by atoms with van der Waals surface area (Å²) < 4.78 is 22.6. The van der Waals surface area contributed by atoms with Crippen molar-refractivity contribution in [2.45, 2.75) is 18.7 Å². The molecule has 0 spiro atoms. The van der Waals surface area contributed by atoms with Crippen LogP contribution in [-0.2, 0) is 13.6 Å². The Labute approximate surface area is 118 Å². The van der Waals surface area contributed by atoms with E-state index in [1.165, 1.54) is 0 Å². The van der Waals surface area contributed by atoms with Gasteiger partial charge in [-0.1, -0.05) is 17.7 Å². The Kier molecular flexibility index (Phi) is 7.35. The molecule has 1 rings (SSSR count). The first kappa shape index (κ1) is 16.1. The highest BCUT2D eigenvalue weighted by Crippen LogP contribution is 2.48. The molecule has 1 aromatic carbocycles. The van der Waals surface area contributed by atoms with Crippen LogP contribution in [0.2, 0.25) is 5.02 Å². The maximum atomic E-state index is 12.2. The Bertz CT molecular complexity index is 404. The molecule has 0 saturated carbocycles. The van der Waals surface area contributed by atoms with Gasteiger partial charge in [-0.15, -0.1) is 11.8 Å². The molecule has 0 saturated heterocycles. The maximum absolute atomic E-state index is 12.2. The quantitative estimate of drug-likeness (QED) is 0.515. The molecule has 0 aliphatic rings. The molecule has 0 heterocycles. The van der Waals surface area contributed by atoms with E-state index in [9.17, 15) is 4.57 Å². The van der Waals surface area contributed by atoms with Gasteiger partial charge in [0.1, 0.15) is 0 Å². The minimum absolute atomic E-state index is 0.402. The van der Waals surface area contributed by atoms with Gasteiger partial charge in [-0.2, -0.15) is 0 Å².